The van der Waals surface area contributed by atoms with Crippen LogP contribution in [0.5, 0.6) is 0 Å². The average Bonchev–Trinajstić information content (AvgIpc) is 2.99. The molecule has 5 heteroatoms. The summed E-state index contributed by atoms with van der Waals surface area (Å²) >= 11 is 12.4. The first kappa shape index (κ1) is 17.0. The highest BCUT2D eigenvalue weighted by Gasteiger charge is 2.25. The van der Waals surface area contributed by atoms with Crippen molar-refractivity contribution in [2.45, 2.75) is 13.0 Å². The molecule has 0 aliphatic carbocycles. The molecule has 0 saturated carbocycles. The van der Waals surface area contributed by atoms with Crippen LogP contribution in [0.25, 0.3) is 10.9 Å². The summed E-state index contributed by atoms with van der Waals surface area (Å²) in [5, 5.41) is 5.88. The van der Waals surface area contributed by atoms with Gasteiger partial charge in [0.15, 0.2) is 0 Å². The summed E-state index contributed by atoms with van der Waals surface area (Å²) in [6, 6.07) is 20.0. The van der Waals surface area contributed by atoms with Gasteiger partial charge in [0.25, 0.3) is 5.82 Å². The third-order valence-corrected chi connectivity index (χ3v) is 5.26. The van der Waals surface area contributed by atoms with Gasteiger partial charge in [-0.3, -0.25) is 5.32 Å². The minimum Gasteiger partial charge on any atom is -0.358 e. The average molecular weight is 383 g/mol. The molecule has 0 fully saturated rings. The Bertz CT molecular complexity index is 1060. The van der Waals surface area contributed by atoms with E-state index in [9.17, 15) is 0 Å². The van der Waals surface area contributed by atoms with E-state index >= 15 is 0 Å². The van der Waals surface area contributed by atoms with Gasteiger partial charge in [0, 0.05) is 33.8 Å². The molecule has 0 bridgehead atoms. The first-order valence-electron chi connectivity index (χ1n) is 8.39. The van der Waals surface area contributed by atoms with Gasteiger partial charge in [-0.2, -0.15) is 0 Å². The maximum absolute atomic E-state index is 6.30. The lowest BCUT2D eigenvalue weighted by molar-refractivity contribution is -0.361. The molecule has 0 unspecified atom stereocenters. The van der Waals surface area contributed by atoms with Crippen LogP contribution in [0.4, 0.5) is 5.82 Å². The van der Waals surface area contributed by atoms with Crippen LogP contribution in [0.2, 0.25) is 10.0 Å². The fourth-order valence-electron chi connectivity index (χ4n) is 3.32. The molecule has 0 radical (unpaired) electrons. The second-order valence-electron chi connectivity index (χ2n) is 6.24. The van der Waals surface area contributed by atoms with Gasteiger partial charge in [0.1, 0.15) is 6.04 Å². The van der Waals surface area contributed by atoms with Crippen molar-refractivity contribution in [2.24, 2.45) is 0 Å². The molecule has 2 aromatic heterocycles. The van der Waals surface area contributed by atoms with Crippen molar-refractivity contribution < 1.29 is 4.98 Å². The van der Waals surface area contributed by atoms with E-state index < -0.39 is 0 Å². The predicted molar refractivity (Wildman–Crippen MR) is 108 cm³/mol. The predicted octanol–water partition coefficient (Wildman–Crippen LogP) is 5.80. The zero-order valence-electron chi connectivity index (χ0n) is 14.2. The van der Waals surface area contributed by atoms with Gasteiger partial charge in [0.2, 0.25) is 0 Å². The molecule has 0 spiro atoms. The second-order valence-corrected chi connectivity index (χ2v) is 7.05. The molecule has 1 atom stereocenters. The third kappa shape index (κ3) is 3.16. The van der Waals surface area contributed by atoms with E-state index in [4.69, 9.17) is 23.2 Å². The molecule has 0 amide bonds. The lowest BCUT2D eigenvalue weighted by Gasteiger charge is -2.17. The highest BCUT2D eigenvalue weighted by molar-refractivity contribution is 6.42. The highest BCUT2D eigenvalue weighted by Crippen LogP contribution is 2.36. The molecule has 4 rings (SSSR count). The largest absolute Gasteiger partial charge is 0.358 e. The number of pyridine rings is 1. The Labute approximate surface area is 162 Å². The maximum Gasteiger partial charge on any atom is 0.272 e. The number of fused-ring (bicyclic) bond motifs is 1. The molecule has 0 aliphatic rings. The van der Waals surface area contributed by atoms with Crippen LogP contribution in [0, 0.1) is 6.92 Å². The molecule has 2 aromatic carbocycles. The lowest BCUT2D eigenvalue weighted by atomic mass is 9.96. The van der Waals surface area contributed by atoms with Crippen LogP contribution in [0.1, 0.15) is 22.9 Å². The number of rotatable bonds is 4. The smallest absolute Gasteiger partial charge is 0.272 e. The summed E-state index contributed by atoms with van der Waals surface area (Å²) in [4.78, 5) is 6.72. The molecular formula is C21H18Cl2N3+. The van der Waals surface area contributed by atoms with E-state index in [-0.39, 0.29) is 6.04 Å². The van der Waals surface area contributed by atoms with Crippen molar-refractivity contribution in [3.05, 3.63) is 93.7 Å². The molecular weight excluding hydrogens is 365 g/mol. The lowest BCUT2D eigenvalue weighted by Crippen LogP contribution is -2.19. The molecule has 3 N–H and O–H groups in total. The maximum atomic E-state index is 6.30. The number of aromatic nitrogens is 2. The zero-order valence-corrected chi connectivity index (χ0v) is 15.7. The summed E-state index contributed by atoms with van der Waals surface area (Å²) in [6.07, 6.45) is 1.90. The normalized spacial score (nSPS) is 12.3. The van der Waals surface area contributed by atoms with Gasteiger partial charge in [-0.25, -0.2) is 4.98 Å². The van der Waals surface area contributed by atoms with Gasteiger partial charge in [-0.15, -0.1) is 0 Å². The van der Waals surface area contributed by atoms with Gasteiger partial charge in [-0.05, 0) is 31.2 Å². The van der Waals surface area contributed by atoms with Crippen LogP contribution < -0.4 is 10.3 Å². The molecule has 2 heterocycles. The Kier molecular flexibility index (Phi) is 4.58. The van der Waals surface area contributed by atoms with Gasteiger partial charge in [0.05, 0.1) is 16.2 Å². The molecule has 0 aliphatic heterocycles. The van der Waals surface area contributed by atoms with Gasteiger partial charge < -0.3 is 4.98 Å². The van der Waals surface area contributed by atoms with Crippen LogP contribution in [-0.4, -0.2) is 4.98 Å². The number of hydrogen-bond donors (Lipinski definition) is 2. The molecule has 3 nitrogen and oxygen atoms in total. The first-order valence-corrected chi connectivity index (χ1v) is 9.14. The number of nitrogens with one attached hydrogen (secondary N) is 3. The van der Waals surface area contributed by atoms with Crippen molar-refractivity contribution in [3.63, 3.8) is 0 Å². The third-order valence-electron chi connectivity index (χ3n) is 4.52. The fourth-order valence-corrected chi connectivity index (χ4v) is 3.63. The van der Waals surface area contributed by atoms with Gasteiger partial charge in [-0.1, -0.05) is 53.5 Å². The SMILES string of the molecule is Cc1[nH]c2ccccc2c1[C@@H](Nc1cccc[nH+]1)c1ccc(Cl)c(Cl)c1. The number of aryl methyl sites for hydroxylation is 1. The molecule has 4 aromatic rings. The molecule has 0 saturated heterocycles. The topological polar surface area (TPSA) is 42.0 Å². The zero-order chi connectivity index (χ0) is 18.1. The molecule has 130 valence electrons. The standard InChI is InChI=1S/C21H17Cl2N3/c1-13-20(15-6-2-3-7-18(15)25-13)21(26-19-8-4-5-11-24-19)14-9-10-16(22)17(23)12-14/h2-12,21,25H,1H3,(H,24,26)/p+1/t21-/m0/s1. The number of para-hydroxylation sites is 1. The van der Waals surface area contributed by atoms with E-state index in [1.165, 1.54) is 10.9 Å². The number of halogens is 2. The summed E-state index contributed by atoms with van der Waals surface area (Å²) in [6.45, 7) is 2.09. The minimum atomic E-state index is -0.0837. The fraction of sp³-hybridized carbons (Fsp3) is 0.0952. The number of aromatic amines is 2. The Morgan fingerprint density at radius 1 is 0.962 bits per heavy atom. The van der Waals surface area contributed by atoms with Crippen molar-refractivity contribution in [1.82, 2.24) is 4.98 Å². The number of hydrogen-bond acceptors (Lipinski definition) is 1. The Morgan fingerprint density at radius 2 is 1.77 bits per heavy atom. The van der Waals surface area contributed by atoms with Crippen molar-refractivity contribution >= 4 is 39.9 Å². The number of H-pyrrole nitrogens is 2. The van der Waals surface area contributed by atoms with E-state index in [1.54, 1.807) is 0 Å². The van der Waals surface area contributed by atoms with Crippen molar-refractivity contribution in [1.29, 1.82) is 0 Å². The Balaban J connectivity index is 1.89. The summed E-state index contributed by atoms with van der Waals surface area (Å²) in [5.41, 5.74) is 4.47. The summed E-state index contributed by atoms with van der Waals surface area (Å²) in [5.74, 6) is 0.924. The van der Waals surface area contributed by atoms with Crippen LogP contribution >= 0.6 is 23.2 Å². The second kappa shape index (κ2) is 7.02. The summed E-state index contributed by atoms with van der Waals surface area (Å²) in [7, 11) is 0. The van der Waals surface area contributed by atoms with Crippen LogP contribution in [-0.2, 0) is 0 Å². The van der Waals surface area contributed by atoms with E-state index in [1.807, 2.05) is 48.7 Å². The van der Waals surface area contributed by atoms with Crippen molar-refractivity contribution in [3.8, 4) is 0 Å². The van der Waals surface area contributed by atoms with E-state index in [0.29, 0.717) is 10.0 Å². The van der Waals surface area contributed by atoms with E-state index in [2.05, 4.69) is 40.4 Å². The molecule has 26 heavy (non-hydrogen) atoms. The Morgan fingerprint density at radius 3 is 2.54 bits per heavy atom. The minimum absolute atomic E-state index is 0.0837. The summed E-state index contributed by atoms with van der Waals surface area (Å²) < 4.78 is 0. The monoisotopic (exact) mass is 382 g/mol. The highest BCUT2D eigenvalue weighted by atomic mass is 35.5. The first-order chi connectivity index (χ1) is 12.6. The quantitative estimate of drug-likeness (QED) is 0.460. The Hall–Kier alpha value is -2.49. The number of anilines is 1. The van der Waals surface area contributed by atoms with E-state index in [0.717, 1.165) is 22.6 Å². The van der Waals surface area contributed by atoms with Gasteiger partial charge >= 0.3 is 0 Å². The van der Waals surface area contributed by atoms with Crippen LogP contribution in [0.15, 0.2) is 66.9 Å². The van der Waals surface area contributed by atoms with Crippen molar-refractivity contribution in [2.75, 3.05) is 5.32 Å². The number of benzene rings is 2. The van der Waals surface area contributed by atoms with Crippen LogP contribution in [0.3, 0.4) is 0 Å².